The van der Waals surface area contributed by atoms with Gasteiger partial charge in [-0.15, -0.1) is 11.3 Å². The summed E-state index contributed by atoms with van der Waals surface area (Å²) in [5.74, 6) is -0.276. The fourth-order valence-corrected chi connectivity index (χ4v) is 5.49. The normalized spacial score (nSPS) is 28.0. The van der Waals surface area contributed by atoms with Gasteiger partial charge in [-0.2, -0.15) is 0 Å². The number of rotatable bonds is 4. The standard InChI is InChI=1S/C14H21N3O3S2/c1-17(2)22(19,20)12-5-6-21-13(12)14(18)16-11-7-9-3-4-10(8-11)15-9/h5-6,9-11,15H,3-4,7-8H2,1-2H3,(H,16,18). The van der Waals surface area contributed by atoms with Crippen molar-refractivity contribution in [2.75, 3.05) is 14.1 Å². The molecule has 22 heavy (non-hydrogen) atoms. The number of carbonyl (C=O) groups excluding carboxylic acids is 1. The van der Waals surface area contributed by atoms with Crippen LogP contribution in [-0.4, -0.2) is 50.9 Å². The van der Waals surface area contributed by atoms with Crippen molar-refractivity contribution in [1.29, 1.82) is 0 Å². The summed E-state index contributed by atoms with van der Waals surface area (Å²) in [7, 11) is -0.646. The molecule has 3 rings (SSSR count). The number of amides is 1. The second kappa shape index (κ2) is 5.92. The third kappa shape index (κ3) is 2.92. The van der Waals surface area contributed by atoms with E-state index in [-0.39, 0.29) is 21.7 Å². The molecule has 0 saturated carbocycles. The van der Waals surface area contributed by atoms with Crippen molar-refractivity contribution in [3.63, 3.8) is 0 Å². The molecule has 1 amide bonds. The number of fused-ring (bicyclic) bond motifs is 2. The van der Waals surface area contributed by atoms with Crippen LogP contribution < -0.4 is 10.6 Å². The largest absolute Gasteiger partial charge is 0.348 e. The van der Waals surface area contributed by atoms with Crippen molar-refractivity contribution in [3.05, 3.63) is 16.3 Å². The fourth-order valence-electron chi connectivity index (χ4n) is 3.29. The minimum Gasteiger partial charge on any atom is -0.348 e. The third-order valence-electron chi connectivity index (χ3n) is 4.40. The number of thiophene rings is 1. The average molecular weight is 343 g/mol. The number of hydrogen-bond acceptors (Lipinski definition) is 5. The number of nitrogens with zero attached hydrogens (tertiary/aromatic N) is 1. The van der Waals surface area contributed by atoms with Crippen LogP contribution in [0.5, 0.6) is 0 Å². The van der Waals surface area contributed by atoms with E-state index in [0.717, 1.165) is 30.0 Å². The van der Waals surface area contributed by atoms with Crippen LogP contribution in [0.15, 0.2) is 16.3 Å². The van der Waals surface area contributed by atoms with Gasteiger partial charge in [-0.3, -0.25) is 4.79 Å². The van der Waals surface area contributed by atoms with Crippen molar-refractivity contribution in [2.24, 2.45) is 0 Å². The molecule has 0 aliphatic carbocycles. The first-order valence-electron chi connectivity index (χ1n) is 7.45. The third-order valence-corrected chi connectivity index (χ3v) is 7.30. The van der Waals surface area contributed by atoms with Crippen LogP contribution in [-0.2, 0) is 10.0 Å². The molecule has 2 aliphatic heterocycles. The summed E-state index contributed by atoms with van der Waals surface area (Å²) in [4.78, 5) is 12.9. The molecule has 2 atom stereocenters. The van der Waals surface area contributed by atoms with E-state index in [4.69, 9.17) is 0 Å². The van der Waals surface area contributed by atoms with Crippen molar-refractivity contribution in [1.82, 2.24) is 14.9 Å². The Morgan fingerprint density at radius 2 is 1.95 bits per heavy atom. The molecule has 2 saturated heterocycles. The number of nitrogens with one attached hydrogen (secondary N) is 2. The Bertz CT molecular complexity index is 657. The molecule has 0 spiro atoms. The first kappa shape index (κ1) is 15.9. The zero-order valence-corrected chi connectivity index (χ0v) is 14.3. The molecule has 3 heterocycles. The smallest absolute Gasteiger partial charge is 0.262 e. The monoisotopic (exact) mass is 343 g/mol. The summed E-state index contributed by atoms with van der Waals surface area (Å²) < 4.78 is 25.7. The highest BCUT2D eigenvalue weighted by molar-refractivity contribution is 7.89. The predicted octanol–water partition coefficient (Wildman–Crippen LogP) is 1.01. The number of carbonyl (C=O) groups is 1. The van der Waals surface area contributed by atoms with Crippen molar-refractivity contribution in [3.8, 4) is 0 Å². The van der Waals surface area contributed by atoms with Crippen molar-refractivity contribution < 1.29 is 13.2 Å². The van der Waals surface area contributed by atoms with Gasteiger partial charge in [0.1, 0.15) is 9.77 Å². The van der Waals surface area contributed by atoms with Crippen LogP contribution >= 0.6 is 11.3 Å². The lowest BCUT2D eigenvalue weighted by Crippen LogP contribution is -2.48. The van der Waals surface area contributed by atoms with Crippen LogP contribution in [0.3, 0.4) is 0 Å². The van der Waals surface area contributed by atoms with Gasteiger partial charge < -0.3 is 10.6 Å². The molecule has 2 bridgehead atoms. The van der Waals surface area contributed by atoms with E-state index in [9.17, 15) is 13.2 Å². The van der Waals surface area contributed by atoms with Gasteiger partial charge in [0.15, 0.2) is 0 Å². The lowest BCUT2D eigenvalue weighted by molar-refractivity contribution is 0.0925. The first-order valence-corrected chi connectivity index (χ1v) is 9.77. The molecule has 2 unspecified atom stereocenters. The molecule has 0 radical (unpaired) electrons. The Morgan fingerprint density at radius 1 is 1.32 bits per heavy atom. The lowest BCUT2D eigenvalue weighted by atomic mass is 10.00. The maximum Gasteiger partial charge on any atom is 0.262 e. The molecule has 6 nitrogen and oxygen atoms in total. The molecule has 1 aromatic rings. The van der Waals surface area contributed by atoms with E-state index in [1.54, 1.807) is 5.38 Å². The average Bonchev–Trinajstić information content (AvgIpc) is 3.06. The summed E-state index contributed by atoms with van der Waals surface area (Å²) in [5.41, 5.74) is 0. The summed E-state index contributed by atoms with van der Waals surface area (Å²) in [6.07, 6.45) is 4.17. The van der Waals surface area contributed by atoms with Crippen LogP contribution in [0.25, 0.3) is 0 Å². The lowest BCUT2D eigenvalue weighted by Gasteiger charge is -2.29. The highest BCUT2D eigenvalue weighted by Crippen LogP contribution is 2.28. The number of sulfonamides is 1. The summed E-state index contributed by atoms with van der Waals surface area (Å²) in [6, 6.07) is 2.60. The Morgan fingerprint density at radius 3 is 2.55 bits per heavy atom. The Hall–Kier alpha value is -0.960. The number of hydrogen-bond donors (Lipinski definition) is 2. The van der Waals surface area contributed by atoms with E-state index in [2.05, 4.69) is 10.6 Å². The quantitative estimate of drug-likeness (QED) is 0.855. The van der Waals surface area contributed by atoms with E-state index < -0.39 is 10.0 Å². The minimum absolute atomic E-state index is 0.0944. The zero-order valence-electron chi connectivity index (χ0n) is 12.7. The molecular formula is C14H21N3O3S2. The van der Waals surface area contributed by atoms with E-state index in [0.29, 0.717) is 12.1 Å². The highest BCUT2D eigenvalue weighted by Gasteiger charge is 2.35. The fraction of sp³-hybridized carbons (Fsp3) is 0.643. The topological polar surface area (TPSA) is 78.5 Å². The summed E-state index contributed by atoms with van der Waals surface area (Å²) >= 11 is 1.17. The maximum atomic E-state index is 12.5. The summed E-state index contributed by atoms with van der Waals surface area (Å²) in [5, 5.41) is 8.20. The van der Waals surface area contributed by atoms with Crippen molar-refractivity contribution in [2.45, 2.75) is 48.7 Å². The SMILES string of the molecule is CN(C)S(=O)(=O)c1ccsc1C(=O)NC1CC2CCC(C1)N2. The minimum atomic E-state index is -3.59. The van der Waals surface area contributed by atoms with Gasteiger partial charge in [0.05, 0.1) is 0 Å². The first-order chi connectivity index (χ1) is 10.4. The van der Waals surface area contributed by atoms with Gasteiger partial charge in [-0.1, -0.05) is 0 Å². The summed E-state index contributed by atoms with van der Waals surface area (Å²) in [6.45, 7) is 0. The molecule has 1 aromatic heterocycles. The molecular weight excluding hydrogens is 322 g/mol. The van der Waals surface area contributed by atoms with Crippen LogP contribution in [0, 0.1) is 0 Å². The van der Waals surface area contributed by atoms with Gasteiger partial charge in [-0.25, -0.2) is 12.7 Å². The van der Waals surface area contributed by atoms with Crippen LogP contribution in [0.1, 0.15) is 35.4 Å². The number of piperidine rings is 1. The second-order valence-corrected chi connectivity index (χ2v) is 9.22. The van der Waals surface area contributed by atoms with Gasteiger partial charge in [0.25, 0.3) is 5.91 Å². The zero-order chi connectivity index (χ0) is 15.9. The molecule has 2 fully saturated rings. The van der Waals surface area contributed by atoms with E-state index >= 15 is 0 Å². The molecule has 122 valence electrons. The molecule has 0 aromatic carbocycles. The Kier molecular flexibility index (Phi) is 4.28. The predicted molar refractivity (Wildman–Crippen MR) is 85.6 cm³/mol. The molecule has 8 heteroatoms. The van der Waals surface area contributed by atoms with E-state index in [1.165, 1.54) is 31.5 Å². The molecule has 2 aliphatic rings. The van der Waals surface area contributed by atoms with Crippen LogP contribution in [0.4, 0.5) is 0 Å². The second-order valence-electron chi connectivity index (χ2n) is 6.18. The van der Waals surface area contributed by atoms with Gasteiger partial charge >= 0.3 is 0 Å². The van der Waals surface area contributed by atoms with Crippen molar-refractivity contribution >= 4 is 27.3 Å². The van der Waals surface area contributed by atoms with Gasteiger partial charge in [0, 0.05) is 32.2 Å². The van der Waals surface area contributed by atoms with Crippen LogP contribution in [0.2, 0.25) is 0 Å². The Balaban J connectivity index is 1.75. The van der Waals surface area contributed by atoms with E-state index in [1.807, 2.05) is 0 Å². The maximum absolute atomic E-state index is 12.5. The molecule has 2 N–H and O–H groups in total. The highest BCUT2D eigenvalue weighted by atomic mass is 32.2. The van der Waals surface area contributed by atoms with Gasteiger partial charge in [0.2, 0.25) is 10.0 Å². The van der Waals surface area contributed by atoms with Gasteiger partial charge in [-0.05, 0) is 37.1 Å². The Labute approximate surface area is 134 Å².